The molecule has 5 rings (SSSR count). The molecule has 186 valence electrons. The van der Waals surface area contributed by atoms with Gasteiger partial charge in [0.25, 0.3) is 0 Å². The number of nitriles is 1. The largest absolute Gasteiger partial charge is 0.438 e. The number of aromatic nitrogens is 2. The van der Waals surface area contributed by atoms with E-state index in [1.54, 1.807) is 12.1 Å². The molecule has 1 saturated heterocycles. The second-order valence-corrected chi connectivity index (χ2v) is 10.6. The molecule has 0 N–H and O–H groups in total. The first-order chi connectivity index (χ1) is 17.4. The molecule has 2 aromatic carbocycles. The van der Waals surface area contributed by atoms with Crippen LogP contribution in [0.5, 0.6) is 11.6 Å². The Morgan fingerprint density at radius 1 is 0.972 bits per heavy atom. The predicted octanol–water partition coefficient (Wildman–Crippen LogP) is 4.16. The third kappa shape index (κ3) is 4.62. The normalized spacial score (nSPS) is 16.3. The van der Waals surface area contributed by atoms with E-state index in [0.717, 1.165) is 44.5 Å². The molecule has 36 heavy (non-hydrogen) atoms. The molecule has 11 heteroatoms. The van der Waals surface area contributed by atoms with Gasteiger partial charge in [-0.1, -0.05) is 12.1 Å². The van der Waals surface area contributed by atoms with E-state index in [1.165, 1.54) is 22.5 Å². The number of hydrogen-bond acceptors (Lipinski definition) is 7. The van der Waals surface area contributed by atoms with Gasteiger partial charge in [0.05, 0.1) is 21.7 Å². The van der Waals surface area contributed by atoms with Crippen LogP contribution in [0.3, 0.4) is 0 Å². The van der Waals surface area contributed by atoms with Crippen molar-refractivity contribution in [2.45, 2.75) is 37.1 Å². The zero-order valence-corrected chi connectivity index (χ0v) is 20.1. The lowest BCUT2D eigenvalue weighted by atomic mass is 10.1. The van der Waals surface area contributed by atoms with Crippen LogP contribution in [0.2, 0.25) is 0 Å². The quantitative estimate of drug-likeness (QED) is 0.507. The number of anilines is 1. The standard InChI is InChI=1S/C25H23F2N5O3S/c26-20-9-8-18(14-21(20)27)35-24-19-16-32(36(33,34)23-7-3-2-6-17(23)15-28)13-10-22(19)29-25(30-24)31-11-4-1-5-12-31/h2-3,6-9,14H,1,4-5,10-13,16H2. The van der Waals surface area contributed by atoms with Gasteiger partial charge in [-0.3, -0.25) is 0 Å². The Morgan fingerprint density at radius 2 is 1.75 bits per heavy atom. The molecular formula is C25H23F2N5O3S. The van der Waals surface area contributed by atoms with Crippen molar-refractivity contribution in [2.75, 3.05) is 24.5 Å². The molecule has 0 aliphatic carbocycles. The second kappa shape index (κ2) is 9.79. The number of ether oxygens (including phenoxy) is 1. The summed E-state index contributed by atoms with van der Waals surface area (Å²) in [6, 6.07) is 11.1. The van der Waals surface area contributed by atoms with Crippen LogP contribution in [-0.4, -0.2) is 42.3 Å². The second-order valence-electron chi connectivity index (χ2n) is 8.68. The van der Waals surface area contributed by atoms with E-state index in [4.69, 9.17) is 9.72 Å². The van der Waals surface area contributed by atoms with Crippen molar-refractivity contribution in [3.63, 3.8) is 0 Å². The lowest BCUT2D eigenvalue weighted by molar-refractivity contribution is 0.368. The predicted molar refractivity (Wildman–Crippen MR) is 127 cm³/mol. The van der Waals surface area contributed by atoms with Crippen molar-refractivity contribution >= 4 is 16.0 Å². The molecule has 1 fully saturated rings. The average molecular weight is 512 g/mol. The molecule has 0 bridgehead atoms. The Balaban J connectivity index is 1.54. The third-order valence-corrected chi connectivity index (χ3v) is 8.25. The molecule has 0 radical (unpaired) electrons. The minimum Gasteiger partial charge on any atom is -0.438 e. The molecule has 0 spiro atoms. The summed E-state index contributed by atoms with van der Waals surface area (Å²) in [5.74, 6) is -1.47. The fourth-order valence-electron chi connectivity index (χ4n) is 4.45. The van der Waals surface area contributed by atoms with Crippen molar-refractivity contribution in [3.8, 4) is 17.7 Å². The maximum Gasteiger partial charge on any atom is 0.244 e. The summed E-state index contributed by atoms with van der Waals surface area (Å²) < 4.78 is 61.4. The van der Waals surface area contributed by atoms with E-state index in [9.17, 15) is 22.5 Å². The van der Waals surface area contributed by atoms with Crippen LogP contribution >= 0.6 is 0 Å². The summed E-state index contributed by atoms with van der Waals surface area (Å²) in [4.78, 5) is 11.3. The van der Waals surface area contributed by atoms with E-state index in [1.807, 2.05) is 11.0 Å². The Hall–Kier alpha value is -3.62. The van der Waals surface area contributed by atoms with E-state index in [2.05, 4.69) is 4.98 Å². The summed E-state index contributed by atoms with van der Waals surface area (Å²) in [6.45, 7) is 1.65. The van der Waals surface area contributed by atoms with Gasteiger partial charge in [-0.2, -0.15) is 14.6 Å². The molecule has 2 aliphatic heterocycles. The van der Waals surface area contributed by atoms with Crippen LogP contribution in [-0.2, 0) is 23.0 Å². The highest BCUT2D eigenvalue weighted by molar-refractivity contribution is 7.89. The minimum atomic E-state index is -4.00. The summed E-state index contributed by atoms with van der Waals surface area (Å²) in [5, 5.41) is 9.41. The van der Waals surface area contributed by atoms with Gasteiger partial charge < -0.3 is 9.64 Å². The first-order valence-electron chi connectivity index (χ1n) is 11.6. The van der Waals surface area contributed by atoms with Crippen molar-refractivity contribution < 1.29 is 21.9 Å². The number of benzene rings is 2. The van der Waals surface area contributed by atoms with Crippen LogP contribution in [0.1, 0.15) is 36.1 Å². The highest BCUT2D eigenvalue weighted by Crippen LogP contribution is 2.34. The molecule has 8 nitrogen and oxygen atoms in total. The number of halogens is 2. The first kappa shape index (κ1) is 24.1. The van der Waals surface area contributed by atoms with Gasteiger partial charge in [0.2, 0.25) is 21.9 Å². The Bertz CT molecular complexity index is 1450. The number of sulfonamides is 1. The summed E-state index contributed by atoms with van der Waals surface area (Å²) in [6.07, 6.45) is 3.44. The lowest BCUT2D eigenvalue weighted by Gasteiger charge is -2.31. The SMILES string of the molecule is N#Cc1ccccc1S(=O)(=O)N1CCc2nc(N3CCCCC3)nc(Oc3ccc(F)c(F)c3)c2C1. The zero-order chi connectivity index (χ0) is 25.3. The van der Waals surface area contributed by atoms with Gasteiger partial charge in [-0.25, -0.2) is 22.2 Å². The molecular weight excluding hydrogens is 488 g/mol. The van der Waals surface area contributed by atoms with E-state index in [-0.39, 0.29) is 35.2 Å². The molecule has 3 heterocycles. The van der Waals surface area contributed by atoms with E-state index < -0.39 is 21.7 Å². The van der Waals surface area contributed by atoms with Crippen molar-refractivity contribution in [1.29, 1.82) is 5.26 Å². The third-order valence-electron chi connectivity index (χ3n) is 6.35. The summed E-state index contributed by atoms with van der Waals surface area (Å²) >= 11 is 0. The fourth-order valence-corrected chi connectivity index (χ4v) is 6.00. The molecule has 0 unspecified atom stereocenters. The number of fused-ring (bicyclic) bond motifs is 1. The van der Waals surface area contributed by atoms with Crippen LogP contribution in [0.4, 0.5) is 14.7 Å². The van der Waals surface area contributed by atoms with Crippen molar-refractivity contribution in [2.24, 2.45) is 0 Å². The van der Waals surface area contributed by atoms with Crippen LogP contribution in [0.15, 0.2) is 47.4 Å². The monoisotopic (exact) mass is 511 g/mol. The Morgan fingerprint density at radius 3 is 2.50 bits per heavy atom. The Labute approximate surface area is 207 Å². The van der Waals surface area contributed by atoms with Crippen LogP contribution < -0.4 is 9.64 Å². The van der Waals surface area contributed by atoms with Crippen LogP contribution in [0.25, 0.3) is 0 Å². The lowest BCUT2D eigenvalue weighted by Crippen LogP contribution is -2.38. The first-order valence-corrected chi connectivity index (χ1v) is 13.1. The number of hydrogen-bond donors (Lipinski definition) is 0. The summed E-state index contributed by atoms with van der Waals surface area (Å²) in [7, 11) is -4.00. The van der Waals surface area contributed by atoms with Gasteiger partial charge in [-0.15, -0.1) is 0 Å². The summed E-state index contributed by atoms with van der Waals surface area (Å²) in [5.41, 5.74) is 1.14. The molecule has 0 atom stereocenters. The van der Waals surface area contributed by atoms with E-state index in [0.29, 0.717) is 23.6 Å². The van der Waals surface area contributed by atoms with E-state index >= 15 is 0 Å². The smallest absolute Gasteiger partial charge is 0.244 e. The number of rotatable bonds is 5. The van der Waals surface area contributed by atoms with Gasteiger partial charge in [0.15, 0.2) is 11.6 Å². The zero-order valence-electron chi connectivity index (χ0n) is 19.3. The number of nitrogens with zero attached hydrogens (tertiary/aromatic N) is 5. The van der Waals surface area contributed by atoms with Crippen molar-refractivity contribution in [1.82, 2.24) is 14.3 Å². The van der Waals surface area contributed by atoms with Gasteiger partial charge in [-0.05, 0) is 43.5 Å². The maximum atomic E-state index is 13.9. The molecule has 1 aromatic heterocycles. The molecule has 3 aromatic rings. The topological polar surface area (TPSA) is 99.4 Å². The Kier molecular flexibility index (Phi) is 6.55. The fraction of sp³-hybridized carbons (Fsp3) is 0.320. The van der Waals surface area contributed by atoms with Gasteiger partial charge >= 0.3 is 0 Å². The molecule has 2 aliphatic rings. The number of piperidine rings is 1. The highest BCUT2D eigenvalue weighted by atomic mass is 32.2. The van der Waals surface area contributed by atoms with Crippen molar-refractivity contribution in [3.05, 3.63) is 70.9 Å². The van der Waals surface area contributed by atoms with Gasteiger partial charge in [0.1, 0.15) is 11.8 Å². The maximum absolute atomic E-state index is 13.9. The van der Waals surface area contributed by atoms with Crippen LogP contribution in [0, 0.1) is 23.0 Å². The molecule has 0 amide bonds. The average Bonchev–Trinajstić information content (AvgIpc) is 2.91. The molecule has 0 saturated carbocycles. The highest BCUT2D eigenvalue weighted by Gasteiger charge is 2.34. The minimum absolute atomic E-state index is 0.0363. The van der Waals surface area contributed by atoms with Gasteiger partial charge in [0, 0.05) is 38.7 Å².